The van der Waals surface area contributed by atoms with Gasteiger partial charge in [-0.2, -0.15) is 0 Å². The number of nitro groups is 1. The number of carbonyl (C=O) groups excluding carboxylic acids is 1. The zero-order valence-corrected chi connectivity index (χ0v) is 30.3. The maximum atomic E-state index is 13.2. The van der Waals surface area contributed by atoms with Gasteiger partial charge in [0.25, 0.3) is 21.6 Å². The number of thioether (sulfide) groups is 1. The summed E-state index contributed by atoms with van der Waals surface area (Å²) >= 11 is 7.63. The predicted octanol–water partition coefficient (Wildman–Crippen LogP) is 7.58. The van der Waals surface area contributed by atoms with Gasteiger partial charge < -0.3 is 15.1 Å². The third-order valence-corrected chi connectivity index (χ3v) is 11.1. The van der Waals surface area contributed by atoms with E-state index in [1.165, 1.54) is 17.7 Å². The van der Waals surface area contributed by atoms with Crippen LogP contribution >= 0.6 is 23.4 Å². The molecule has 0 spiro atoms. The molecular formula is C37H40ClN5O5S2. The molecule has 0 aliphatic carbocycles. The summed E-state index contributed by atoms with van der Waals surface area (Å²) in [5.41, 5.74) is 3.36. The van der Waals surface area contributed by atoms with Crippen LogP contribution in [0, 0.1) is 10.1 Å². The van der Waals surface area contributed by atoms with Gasteiger partial charge in [-0.15, -0.1) is 11.8 Å². The minimum absolute atomic E-state index is 0.135. The van der Waals surface area contributed by atoms with Crippen LogP contribution in [0.4, 0.5) is 17.1 Å². The van der Waals surface area contributed by atoms with Gasteiger partial charge in [-0.1, -0.05) is 53.6 Å². The number of halogens is 1. The molecule has 13 heteroatoms. The summed E-state index contributed by atoms with van der Waals surface area (Å²) in [6, 6.07) is 27.9. The highest BCUT2D eigenvalue weighted by Gasteiger charge is 2.25. The van der Waals surface area contributed by atoms with Crippen molar-refractivity contribution in [3.63, 3.8) is 0 Å². The minimum Gasteiger partial charge on any atom is -0.376 e. The first kappa shape index (κ1) is 36.9. The van der Waals surface area contributed by atoms with Crippen LogP contribution in [0.2, 0.25) is 5.02 Å². The Morgan fingerprint density at radius 1 is 1.00 bits per heavy atom. The molecule has 1 aliphatic heterocycles. The third kappa shape index (κ3) is 10.3. The van der Waals surface area contributed by atoms with E-state index < -0.39 is 26.5 Å². The summed E-state index contributed by atoms with van der Waals surface area (Å²) in [5.74, 6) is -0.181. The van der Waals surface area contributed by atoms with Crippen molar-refractivity contribution in [3.05, 3.63) is 129 Å². The fourth-order valence-electron chi connectivity index (χ4n) is 5.55. The normalized spacial score (nSPS) is 13.9. The summed E-state index contributed by atoms with van der Waals surface area (Å²) in [6.45, 7) is 2.37. The predicted molar refractivity (Wildman–Crippen MR) is 203 cm³/mol. The second kappa shape index (κ2) is 17.0. The fraction of sp³-hybridized carbons (Fsp3) is 0.270. The van der Waals surface area contributed by atoms with Crippen LogP contribution < -0.4 is 14.9 Å². The Labute approximate surface area is 302 Å². The number of carbonyl (C=O) groups is 1. The van der Waals surface area contributed by atoms with Gasteiger partial charge in [0.2, 0.25) is 0 Å². The first-order valence-electron chi connectivity index (χ1n) is 16.2. The van der Waals surface area contributed by atoms with Crippen molar-refractivity contribution in [2.24, 2.45) is 0 Å². The molecule has 262 valence electrons. The van der Waals surface area contributed by atoms with Crippen molar-refractivity contribution in [1.29, 1.82) is 0 Å². The molecule has 10 nitrogen and oxygen atoms in total. The van der Waals surface area contributed by atoms with Gasteiger partial charge in [-0.05, 0) is 106 Å². The molecule has 4 aromatic rings. The van der Waals surface area contributed by atoms with Gasteiger partial charge in [0.05, 0.1) is 9.82 Å². The number of nitrogens with one attached hydrogen (secondary N) is 2. The van der Waals surface area contributed by atoms with E-state index in [4.69, 9.17) is 11.6 Å². The third-order valence-electron chi connectivity index (χ3n) is 8.32. The van der Waals surface area contributed by atoms with Gasteiger partial charge in [0.15, 0.2) is 0 Å². The van der Waals surface area contributed by atoms with Gasteiger partial charge in [-0.3, -0.25) is 14.9 Å². The molecule has 0 aromatic heterocycles. The van der Waals surface area contributed by atoms with E-state index in [0.717, 1.165) is 54.7 Å². The Balaban J connectivity index is 1.22. The Bertz CT molecular complexity index is 1910. The van der Waals surface area contributed by atoms with Crippen molar-refractivity contribution in [2.45, 2.75) is 35.1 Å². The molecule has 4 aromatic carbocycles. The average Bonchev–Trinajstić information content (AvgIpc) is 3.11. The molecule has 1 atom stereocenters. The Morgan fingerprint density at radius 2 is 1.68 bits per heavy atom. The van der Waals surface area contributed by atoms with E-state index in [2.05, 4.69) is 21.0 Å². The van der Waals surface area contributed by atoms with E-state index in [0.29, 0.717) is 17.2 Å². The summed E-state index contributed by atoms with van der Waals surface area (Å²) in [5, 5.41) is 16.1. The molecule has 5 rings (SSSR count). The molecule has 0 saturated carbocycles. The van der Waals surface area contributed by atoms with Crippen LogP contribution in [0.25, 0.3) is 6.08 Å². The first-order valence-corrected chi connectivity index (χ1v) is 19.1. The Kier molecular flexibility index (Phi) is 12.6. The first-order chi connectivity index (χ1) is 24.0. The van der Waals surface area contributed by atoms with Crippen LogP contribution in [-0.2, 0) is 10.0 Å². The molecule has 1 heterocycles. The van der Waals surface area contributed by atoms with Crippen molar-refractivity contribution >= 4 is 62.4 Å². The highest BCUT2D eigenvalue weighted by Crippen LogP contribution is 2.30. The fourth-order valence-corrected chi connectivity index (χ4v) is 7.66. The summed E-state index contributed by atoms with van der Waals surface area (Å²) in [6.07, 6.45) is 4.69. The van der Waals surface area contributed by atoms with Crippen molar-refractivity contribution < 1.29 is 18.1 Å². The molecule has 1 saturated heterocycles. The van der Waals surface area contributed by atoms with Gasteiger partial charge in [0.1, 0.15) is 5.69 Å². The number of hydrogen-bond donors (Lipinski definition) is 2. The number of nitrogens with zero attached hydrogens (tertiary/aromatic N) is 3. The maximum absolute atomic E-state index is 13.2. The van der Waals surface area contributed by atoms with Crippen molar-refractivity contribution in [3.8, 4) is 0 Å². The molecule has 1 aliphatic rings. The quantitative estimate of drug-likeness (QED) is 0.0767. The maximum Gasteiger partial charge on any atom is 0.293 e. The SMILES string of the molecule is CN(C)CCC(CSc1ccccc1)Nc1ccc(S(=O)(=O)NC(=O)c2ccc(N3CCC(=Cc4ccc(Cl)cc4)CC3)cc2)cc1[N+](=O)[O-]. The number of hydrogen-bond acceptors (Lipinski definition) is 9. The van der Waals surface area contributed by atoms with Gasteiger partial charge >= 0.3 is 0 Å². The standard InChI is InChI=1S/C37H40ClN5O5S2/c1-41(2)21-20-31(26-49-33-6-4-3-5-7-33)39-35-17-16-34(25-36(35)43(45)46)50(47,48)40-37(44)29-10-14-32(15-11-29)42-22-18-28(19-23-42)24-27-8-12-30(38)13-9-27/h3-17,24-25,31,39H,18-23,26H2,1-2H3,(H,40,44). The molecule has 0 radical (unpaired) electrons. The highest BCUT2D eigenvalue weighted by molar-refractivity contribution is 7.99. The zero-order valence-electron chi connectivity index (χ0n) is 27.9. The lowest BCUT2D eigenvalue weighted by Gasteiger charge is -2.30. The number of piperidine rings is 1. The van der Waals surface area contributed by atoms with E-state index >= 15 is 0 Å². The van der Waals surface area contributed by atoms with Gasteiger partial charge in [0, 0.05) is 52.1 Å². The molecule has 1 fully saturated rings. The van der Waals surface area contributed by atoms with Crippen LogP contribution in [0.15, 0.2) is 112 Å². The Morgan fingerprint density at radius 3 is 2.32 bits per heavy atom. The lowest BCUT2D eigenvalue weighted by molar-refractivity contribution is -0.384. The smallest absolute Gasteiger partial charge is 0.293 e. The van der Waals surface area contributed by atoms with E-state index in [9.17, 15) is 23.3 Å². The van der Waals surface area contributed by atoms with Crippen LogP contribution in [-0.4, -0.2) is 69.7 Å². The Hall–Kier alpha value is -4.36. The topological polar surface area (TPSA) is 125 Å². The number of anilines is 2. The van der Waals surface area contributed by atoms with Crippen LogP contribution in [0.3, 0.4) is 0 Å². The molecule has 1 amide bonds. The highest BCUT2D eigenvalue weighted by atomic mass is 35.5. The monoisotopic (exact) mass is 733 g/mol. The zero-order chi connectivity index (χ0) is 35.7. The number of nitro benzene ring substituents is 1. The summed E-state index contributed by atoms with van der Waals surface area (Å²) in [4.78, 5) is 29.5. The second-order valence-electron chi connectivity index (χ2n) is 12.3. The average molecular weight is 734 g/mol. The molecular weight excluding hydrogens is 694 g/mol. The lowest BCUT2D eigenvalue weighted by Crippen LogP contribution is -2.31. The minimum atomic E-state index is -4.41. The number of sulfonamides is 1. The van der Waals surface area contributed by atoms with E-state index in [-0.39, 0.29) is 22.2 Å². The second-order valence-corrected chi connectivity index (χ2v) is 15.5. The van der Waals surface area contributed by atoms with Crippen molar-refractivity contribution in [2.75, 3.05) is 49.7 Å². The van der Waals surface area contributed by atoms with Gasteiger partial charge in [-0.25, -0.2) is 13.1 Å². The summed E-state index contributed by atoms with van der Waals surface area (Å²) < 4.78 is 28.6. The molecule has 1 unspecified atom stereocenters. The number of amides is 1. The molecule has 0 bridgehead atoms. The molecule has 2 N–H and O–H groups in total. The molecule has 50 heavy (non-hydrogen) atoms. The number of benzene rings is 4. The largest absolute Gasteiger partial charge is 0.376 e. The van der Waals surface area contributed by atoms with E-state index in [1.807, 2.05) is 73.6 Å². The van der Waals surface area contributed by atoms with E-state index in [1.54, 1.807) is 36.0 Å². The number of rotatable bonds is 14. The summed E-state index contributed by atoms with van der Waals surface area (Å²) in [7, 11) is -0.494. The lowest BCUT2D eigenvalue weighted by atomic mass is 10.0. The van der Waals surface area contributed by atoms with Crippen molar-refractivity contribution in [1.82, 2.24) is 9.62 Å². The van der Waals surface area contributed by atoms with Crippen LogP contribution in [0.5, 0.6) is 0 Å². The van der Waals surface area contributed by atoms with Crippen LogP contribution in [0.1, 0.15) is 35.2 Å².